The van der Waals surface area contributed by atoms with Crippen LogP contribution in [0.3, 0.4) is 0 Å². The van der Waals surface area contributed by atoms with Gasteiger partial charge in [-0.15, -0.1) is 0 Å². The molecule has 0 saturated carbocycles. The van der Waals surface area contributed by atoms with Gasteiger partial charge in [0.15, 0.2) is 0 Å². The van der Waals surface area contributed by atoms with Crippen LogP contribution in [0.4, 0.5) is 0 Å². The van der Waals surface area contributed by atoms with Gasteiger partial charge in [-0.3, -0.25) is 10.4 Å². The van der Waals surface area contributed by atoms with E-state index in [0.29, 0.717) is 6.54 Å². The summed E-state index contributed by atoms with van der Waals surface area (Å²) in [6.45, 7) is 0.688. The van der Waals surface area contributed by atoms with Crippen LogP contribution in [0.1, 0.15) is 45.1 Å². The van der Waals surface area contributed by atoms with E-state index >= 15 is 0 Å². The molecule has 4 heteroatoms. The van der Waals surface area contributed by atoms with E-state index in [-0.39, 0.29) is 6.17 Å². The standard InChI is InChI=1S/C56H42N4/c1-5-19-39(20-6-1)38-58-59-55(41-21-7-2-8-22-41)57-37-40-33-35-44(36-34-40)60-50-32-18-16-30-48(50)52-46-28-14-13-27-45(46)51-47-29-15-17-31-49(47)56(53(51)54(52)60,42-23-9-3-10-24-42)43-25-11-4-12-26-43/h1-37,55,58-59H,38H2. The molecule has 1 unspecified atom stereocenters. The van der Waals surface area contributed by atoms with Crippen LogP contribution in [-0.4, -0.2) is 10.8 Å². The number of rotatable bonds is 10. The molecule has 1 atom stereocenters. The molecule has 0 saturated heterocycles. The van der Waals surface area contributed by atoms with Gasteiger partial charge in [0.25, 0.3) is 0 Å². The van der Waals surface area contributed by atoms with Crippen molar-refractivity contribution < 1.29 is 0 Å². The highest BCUT2D eigenvalue weighted by molar-refractivity contribution is 6.27. The molecule has 286 valence electrons. The second-order valence-corrected chi connectivity index (χ2v) is 15.6. The predicted molar refractivity (Wildman–Crippen MR) is 249 cm³/mol. The van der Waals surface area contributed by atoms with E-state index in [0.717, 1.165) is 16.8 Å². The van der Waals surface area contributed by atoms with Crippen molar-refractivity contribution in [2.45, 2.75) is 18.1 Å². The summed E-state index contributed by atoms with van der Waals surface area (Å²) in [5, 5.41) is 5.05. The maximum absolute atomic E-state index is 5.07. The van der Waals surface area contributed by atoms with Gasteiger partial charge >= 0.3 is 0 Å². The Morgan fingerprint density at radius 1 is 0.533 bits per heavy atom. The molecule has 1 aromatic heterocycles. The van der Waals surface area contributed by atoms with E-state index in [4.69, 9.17) is 4.99 Å². The molecule has 11 rings (SSSR count). The maximum Gasteiger partial charge on any atom is 0.137 e. The van der Waals surface area contributed by atoms with Crippen LogP contribution in [0.15, 0.2) is 223 Å². The van der Waals surface area contributed by atoms with Crippen molar-refractivity contribution in [3.05, 3.63) is 257 Å². The lowest BCUT2D eigenvalue weighted by atomic mass is 9.67. The summed E-state index contributed by atoms with van der Waals surface area (Å²) in [5.41, 5.74) is 20.8. The first-order chi connectivity index (χ1) is 29.8. The summed E-state index contributed by atoms with van der Waals surface area (Å²) < 4.78 is 2.52. The fourth-order valence-corrected chi connectivity index (χ4v) is 9.70. The van der Waals surface area contributed by atoms with Gasteiger partial charge in [0.05, 0.1) is 16.4 Å². The smallest absolute Gasteiger partial charge is 0.137 e. The average molecular weight is 771 g/mol. The van der Waals surface area contributed by atoms with Crippen LogP contribution in [0.2, 0.25) is 0 Å². The Morgan fingerprint density at radius 3 is 1.80 bits per heavy atom. The number of benzene rings is 9. The molecular weight excluding hydrogens is 729 g/mol. The lowest BCUT2D eigenvalue weighted by Crippen LogP contribution is -2.34. The van der Waals surface area contributed by atoms with Crippen molar-refractivity contribution in [2.24, 2.45) is 4.99 Å². The Balaban J connectivity index is 1.12. The monoisotopic (exact) mass is 770 g/mol. The number of hydrogen-bond donors (Lipinski definition) is 2. The molecule has 0 spiro atoms. The van der Waals surface area contributed by atoms with E-state index in [1.54, 1.807) is 0 Å². The third-order valence-corrected chi connectivity index (χ3v) is 12.2. The third kappa shape index (κ3) is 5.80. The van der Waals surface area contributed by atoms with Crippen molar-refractivity contribution in [2.75, 3.05) is 0 Å². The first kappa shape index (κ1) is 35.8. The highest BCUT2D eigenvalue weighted by Gasteiger charge is 2.49. The minimum absolute atomic E-state index is 0.270. The van der Waals surface area contributed by atoms with Gasteiger partial charge in [0.2, 0.25) is 0 Å². The highest BCUT2D eigenvalue weighted by Crippen LogP contribution is 2.61. The Hall–Kier alpha value is -7.37. The minimum Gasteiger partial charge on any atom is -0.309 e. The second-order valence-electron chi connectivity index (χ2n) is 15.6. The quantitative estimate of drug-likeness (QED) is 0.107. The van der Waals surface area contributed by atoms with Crippen molar-refractivity contribution >= 4 is 38.8 Å². The lowest BCUT2D eigenvalue weighted by Gasteiger charge is -2.35. The van der Waals surface area contributed by atoms with Gasteiger partial charge < -0.3 is 4.57 Å². The minimum atomic E-state index is -0.580. The zero-order valence-electron chi connectivity index (χ0n) is 33.0. The number of aromatic nitrogens is 1. The molecule has 0 radical (unpaired) electrons. The number of fused-ring (bicyclic) bond motifs is 10. The first-order valence-electron chi connectivity index (χ1n) is 20.7. The molecule has 4 nitrogen and oxygen atoms in total. The van der Waals surface area contributed by atoms with Crippen molar-refractivity contribution in [3.8, 4) is 16.8 Å². The summed E-state index contributed by atoms with van der Waals surface area (Å²) in [4.78, 5) is 5.07. The van der Waals surface area contributed by atoms with E-state index < -0.39 is 5.41 Å². The largest absolute Gasteiger partial charge is 0.309 e. The van der Waals surface area contributed by atoms with Gasteiger partial charge in [-0.05, 0) is 73.5 Å². The molecule has 60 heavy (non-hydrogen) atoms. The molecule has 0 aliphatic heterocycles. The zero-order chi connectivity index (χ0) is 39.9. The van der Waals surface area contributed by atoms with Crippen LogP contribution < -0.4 is 10.9 Å². The van der Waals surface area contributed by atoms with E-state index in [2.05, 4.69) is 222 Å². The topological polar surface area (TPSA) is 41.4 Å². The normalized spacial score (nSPS) is 13.5. The second kappa shape index (κ2) is 15.1. The van der Waals surface area contributed by atoms with Crippen LogP contribution >= 0.6 is 0 Å². The number of aliphatic imine (C=N–C) groups is 1. The van der Waals surface area contributed by atoms with Crippen LogP contribution in [0, 0.1) is 0 Å². The molecule has 1 aliphatic rings. The molecule has 0 fully saturated rings. The number of hydrazine groups is 1. The Labute approximate surface area is 350 Å². The van der Waals surface area contributed by atoms with E-state index in [9.17, 15) is 0 Å². The van der Waals surface area contributed by atoms with Crippen LogP contribution in [0.5, 0.6) is 0 Å². The third-order valence-electron chi connectivity index (χ3n) is 12.2. The van der Waals surface area contributed by atoms with Crippen molar-refractivity contribution in [1.29, 1.82) is 0 Å². The van der Waals surface area contributed by atoms with Gasteiger partial charge in [0.1, 0.15) is 6.17 Å². The summed E-state index contributed by atoms with van der Waals surface area (Å²) in [7, 11) is 0. The van der Waals surface area contributed by atoms with E-state index in [1.165, 1.54) is 71.5 Å². The maximum atomic E-state index is 5.07. The number of hydrogen-bond acceptors (Lipinski definition) is 3. The van der Waals surface area contributed by atoms with Crippen LogP contribution in [-0.2, 0) is 12.0 Å². The highest BCUT2D eigenvalue weighted by atomic mass is 15.4. The van der Waals surface area contributed by atoms with Crippen molar-refractivity contribution in [1.82, 2.24) is 15.4 Å². The molecule has 1 heterocycles. The van der Waals surface area contributed by atoms with Gasteiger partial charge in [-0.2, -0.15) is 0 Å². The van der Waals surface area contributed by atoms with Gasteiger partial charge in [-0.1, -0.05) is 200 Å². The van der Waals surface area contributed by atoms with E-state index in [1.807, 2.05) is 18.3 Å². The number of nitrogens with one attached hydrogen (secondary N) is 2. The fourth-order valence-electron chi connectivity index (χ4n) is 9.70. The average Bonchev–Trinajstić information content (AvgIpc) is 3.84. The molecule has 2 N–H and O–H groups in total. The Kier molecular flexibility index (Phi) is 9.00. The number of nitrogens with zero attached hydrogens (tertiary/aromatic N) is 2. The van der Waals surface area contributed by atoms with Gasteiger partial charge in [0, 0.05) is 34.8 Å². The molecule has 1 aliphatic carbocycles. The summed E-state index contributed by atoms with van der Waals surface area (Å²) >= 11 is 0. The molecule has 0 bridgehead atoms. The summed E-state index contributed by atoms with van der Waals surface area (Å²) in [6.07, 6.45) is 1.70. The Morgan fingerprint density at radius 2 is 1.10 bits per heavy atom. The predicted octanol–water partition coefficient (Wildman–Crippen LogP) is 12.7. The molecule has 9 aromatic carbocycles. The number of para-hydroxylation sites is 1. The molecule has 0 amide bonds. The molecule has 10 aromatic rings. The fraction of sp³-hybridized carbons (Fsp3) is 0.0536. The van der Waals surface area contributed by atoms with Gasteiger partial charge in [-0.25, -0.2) is 5.43 Å². The summed E-state index contributed by atoms with van der Waals surface area (Å²) in [5.74, 6) is 0. The zero-order valence-corrected chi connectivity index (χ0v) is 33.0. The van der Waals surface area contributed by atoms with Crippen LogP contribution in [0.25, 0.3) is 49.4 Å². The van der Waals surface area contributed by atoms with Crippen molar-refractivity contribution in [3.63, 3.8) is 0 Å². The SMILES string of the molecule is C(=NC(NNCc1ccccc1)c1ccccc1)c1ccc(-n2c3ccccc3c3c4ccccc4c4c(c32)C(c2ccccc2)(c2ccccc2)c2ccccc2-4)cc1. The molecular formula is C56H42N4. The lowest BCUT2D eigenvalue weighted by molar-refractivity contribution is 0.449. The first-order valence-corrected chi connectivity index (χ1v) is 20.7. The summed E-state index contributed by atoms with van der Waals surface area (Å²) in [6, 6.07) is 78.9. The Bertz CT molecular complexity index is 3110.